The molecule has 0 saturated heterocycles. The number of carbonyl (C=O) groups is 1. The highest BCUT2D eigenvalue weighted by molar-refractivity contribution is 5.94. The minimum atomic E-state index is -0.130. The lowest BCUT2D eigenvalue weighted by atomic mass is 10.2. The number of carbonyl (C=O) groups excluding carboxylic acids is 1. The number of amides is 1. The summed E-state index contributed by atoms with van der Waals surface area (Å²) in [4.78, 5) is 11.7. The molecule has 0 aliphatic rings. The SMILES string of the molecule is Nc1ccc(C(=O)NCc2ccn[nH]2)cc1. The Morgan fingerprint density at radius 3 is 2.69 bits per heavy atom. The fraction of sp³-hybridized carbons (Fsp3) is 0.0909. The lowest BCUT2D eigenvalue weighted by Gasteiger charge is -2.03. The molecule has 0 spiro atoms. The van der Waals surface area contributed by atoms with Gasteiger partial charge in [0.05, 0.1) is 12.2 Å². The summed E-state index contributed by atoms with van der Waals surface area (Å²) in [5, 5.41) is 9.33. The molecule has 1 aromatic heterocycles. The second-order valence-electron chi connectivity index (χ2n) is 3.39. The van der Waals surface area contributed by atoms with Crippen LogP contribution in [-0.4, -0.2) is 16.1 Å². The number of H-pyrrole nitrogens is 1. The van der Waals surface area contributed by atoms with Gasteiger partial charge in [0.25, 0.3) is 5.91 Å². The molecular formula is C11H12N4O. The van der Waals surface area contributed by atoms with E-state index in [0.717, 1.165) is 5.69 Å². The lowest BCUT2D eigenvalue weighted by molar-refractivity contribution is 0.0950. The van der Waals surface area contributed by atoms with Crippen LogP contribution in [0, 0.1) is 0 Å². The van der Waals surface area contributed by atoms with Gasteiger partial charge in [-0.05, 0) is 30.3 Å². The van der Waals surface area contributed by atoms with Crippen LogP contribution in [0.3, 0.4) is 0 Å². The van der Waals surface area contributed by atoms with E-state index in [1.165, 1.54) is 0 Å². The smallest absolute Gasteiger partial charge is 0.251 e. The third kappa shape index (κ3) is 2.38. The van der Waals surface area contributed by atoms with Crippen LogP contribution in [0.4, 0.5) is 5.69 Å². The molecule has 1 heterocycles. The first-order chi connectivity index (χ1) is 7.75. The molecule has 82 valence electrons. The molecule has 0 atom stereocenters. The average Bonchev–Trinajstić information content (AvgIpc) is 2.80. The predicted octanol–water partition coefficient (Wildman–Crippen LogP) is 0.922. The summed E-state index contributed by atoms with van der Waals surface area (Å²) in [6.07, 6.45) is 1.64. The summed E-state index contributed by atoms with van der Waals surface area (Å²) >= 11 is 0. The van der Waals surface area contributed by atoms with Crippen LogP contribution in [0.25, 0.3) is 0 Å². The van der Waals surface area contributed by atoms with E-state index in [-0.39, 0.29) is 5.91 Å². The van der Waals surface area contributed by atoms with Crippen molar-refractivity contribution in [1.29, 1.82) is 0 Å². The molecule has 0 aliphatic carbocycles. The molecule has 1 aromatic carbocycles. The number of nitrogens with zero attached hydrogens (tertiary/aromatic N) is 1. The quantitative estimate of drug-likeness (QED) is 0.667. The van der Waals surface area contributed by atoms with Gasteiger partial charge in [-0.25, -0.2) is 0 Å². The Labute approximate surface area is 92.7 Å². The van der Waals surface area contributed by atoms with E-state index in [2.05, 4.69) is 15.5 Å². The number of benzene rings is 1. The maximum Gasteiger partial charge on any atom is 0.251 e. The summed E-state index contributed by atoms with van der Waals surface area (Å²) in [6.45, 7) is 0.434. The van der Waals surface area contributed by atoms with Crippen LogP contribution in [-0.2, 0) is 6.54 Å². The molecule has 0 bridgehead atoms. The summed E-state index contributed by atoms with van der Waals surface area (Å²) in [5.74, 6) is -0.130. The van der Waals surface area contributed by atoms with E-state index in [1.807, 2.05) is 6.07 Å². The summed E-state index contributed by atoms with van der Waals surface area (Å²) in [6, 6.07) is 8.59. The average molecular weight is 216 g/mol. The minimum absolute atomic E-state index is 0.130. The Morgan fingerprint density at radius 1 is 1.31 bits per heavy atom. The first-order valence-electron chi connectivity index (χ1n) is 4.88. The van der Waals surface area contributed by atoms with E-state index >= 15 is 0 Å². The molecule has 4 N–H and O–H groups in total. The number of nitrogens with two attached hydrogens (primary N) is 1. The molecule has 5 heteroatoms. The second kappa shape index (κ2) is 4.48. The van der Waals surface area contributed by atoms with Gasteiger partial charge in [0.1, 0.15) is 0 Å². The van der Waals surface area contributed by atoms with Gasteiger partial charge >= 0.3 is 0 Å². The number of aromatic amines is 1. The molecule has 1 amide bonds. The number of nitrogen functional groups attached to an aromatic ring is 1. The summed E-state index contributed by atoms with van der Waals surface area (Å²) in [5.41, 5.74) is 7.63. The molecule has 0 aliphatic heterocycles. The fourth-order valence-corrected chi connectivity index (χ4v) is 1.30. The molecule has 2 rings (SSSR count). The maximum atomic E-state index is 11.7. The maximum absolute atomic E-state index is 11.7. The third-order valence-electron chi connectivity index (χ3n) is 2.17. The number of hydrogen-bond donors (Lipinski definition) is 3. The third-order valence-corrected chi connectivity index (χ3v) is 2.17. The standard InChI is InChI=1S/C11H12N4O/c12-9-3-1-8(2-4-9)11(16)13-7-10-5-6-14-15-10/h1-6H,7,12H2,(H,13,16)(H,14,15). The van der Waals surface area contributed by atoms with Crippen molar-refractivity contribution in [3.63, 3.8) is 0 Å². The van der Waals surface area contributed by atoms with Gasteiger partial charge in [0.2, 0.25) is 0 Å². The molecule has 0 fully saturated rings. The van der Waals surface area contributed by atoms with Crippen LogP contribution in [0.5, 0.6) is 0 Å². The number of hydrogen-bond acceptors (Lipinski definition) is 3. The first-order valence-corrected chi connectivity index (χ1v) is 4.88. The van der Waals surface area contributed by atoms with Crippen molar-refractivity contribution in [3.05, 3.63) is 47.8 Å². The zero-order chi connectivity index (χ0) is 11.4. The van der Waals surface area contributed by atoms with E-state index < -0.39 is 0 Å². The van der Waals surface area contributed by atoms with E-state index in [9.17, 15) is 4.79 Å². The highest BCUT2D eigenvalue weighted by Gasteiger charge is 2.04. The minimum Gasteiger partial charge on any atom is -0.399 e. The summed E-state index contributed by atoms with van der Waals surface area (Å²) in [7, 11) is 0. The fourth-order valence-electron chi connectivity index (χ4n) is 1.30. The van der Waals surface area contributed by atoms with Crippen molar-refractivity contribution >= 4 is 11.6 Å². The molecule has 2 aromatic rings. The van der Waals surface area contributed by atoms with Gasteiger partial charge in [-0.15, -0.1) is 0 Å². The van der Waals surface area contributed by atoms with Crippen molar-refractivity contribution in [2.75, 3.05) is 5.73 Å². The Balaban J connectivity index is 1.95. The Kier molecular flexibility index (Phi) is 2.86. The van der Waals surface area contributed by atoms with Crippen molar-refractivity contribution in [3.8, 4) is 0 Å². The number of nitrogens with one attached hydrogen (secondary N) is 2. The van der Waals surface area contributed by atoms with Crippen molar-refractivity contribution in [2.45, 2.75) is 6.54 Å². The second-order valence-corrected chi connectivity index (χ2v) is 3.39. The van der Waals surface area contributed by atoms with Gasteiger partial charge < -0.3 is 11.1 Å². The molecular weight excluding hydrogens is 204 g/mol. The van der Waals surface area contributed by atoms with E-state index in [4.69, 9.17) is 5.73 Å². The van der Waals surface area contributed by atoms with Crippen LogP contribution < -0.4 is 11.1 Å². The predicted molar refractivity (Wildman–Crippen MR) is 60.6 cm³/mol. The molecule has 0 saturated carbocycles. The van der Waals surface area contributed by atoms with Gasteiger partial charge in [0.15, 0.2) is 0 Å². The van der Waals surface area contributed by atoms with Crippen LogP contribution in [0.1, 0.15) is 16.1 Å². The van der Waals surface area contributed by atoms with Gasteiger partial charge in [-0.2, -0.15) is 5.10 Å². The number of anilines is 1. The largest absolute Gasteiger partial charge is 0.399 e. The number of rotatable bonds is 3. The molecule has 16 heavy (non-hydrogen) atoms. The Morgan fingerprint density at radius 2 is 2.06 bits per heavy atom. The normalized spacial score (nSPS) is 10.0. The molecule has 0 unspecified atom stereocenters. The van der Waals surface area contributed by atoms with Crippen molar-refractivity contribution in [1.82, 2.24) is 15.5 Å². The van der Waals surface area contributed by atoms with E-state index in [0.29, 0.717) is 17.8 Å². The number of aromatic nitrogens is 2. The molecule has 0 radical (unpaired) electrons. The van der Waals surface area contributed by atoms with Gasteiger partial charge in [0, 0.05) is 17.4 Å². The molecule has 5 nitrogen and oxygen atoms in total. The highest BCUT2D eigenvalue weighted by atomic mass is 16.1. The first kappa shape index (κ1) is 10.2. The Bertz CT molecular complexity index is 461. The zero-order valence-corrected chi connectivity index (χ0v) is 8.60. The Hall–Kier alpha value is -2.30. The lowest BCUT2D eigenvalue weighted by Crippen LogP contribution is -2.22. The zero-order valence-electron chi connectivity index (χ0n) is 8.60. The highest BCUT2D eigenvalue weighted by Crippen LogP contribution is 2.05. The van der Waals surface area contributed by atoms with Crippen LogP contribution in [0.15, 0.2) is 36.5 Å². The van der Waals surface area contributed by atoms with Crippen LogP contribution in [0.2, 0.25) is 0 Å². The van der Waals surface area contributed by atoms with Crippen LogP contribution >= 0.6 is 0 Å². The van der Waals surface area contributed by atoms with Gasteiger partial charge in [-0.3, -0.25) is 9.89 Å². The van der Waals surface area contributed by atoms with Crippen molar-refractivity contribution < 1.29 is 4.79 Å². The van der Waals surface area contributed by atoms with Crippen molar-refractivity contribution in [2.24, 2.45) is 0 Å². The van der Waals surface area contributed by atoms with Gasteiger partial charge in [-0.1, -0.05) is 0 Å². The summed E-state index contributed by atoms with van der Waals surface area (Å²) < 4.78 is 0. The van der Waals surface area contributed by atoms with E-state index in [1.54, 1.807) is 30.5 Å². The topological polar surface area (TPSA) is 83.8 Å². The monoisotopic (exact) mass is 216 g/mol.